The summed E-state index contributed by atoms with van der Waals surface area (Å²) >= 11 is 0. The molecule has 0 radical (unpaired) electrons. The number of hydrogen-bond donors (Lipinski definition) is 2. The van der Waals surface area contributed by atoms with Crippen LogP contribution in [-0.2, 0) is 11.3 Å². The first kappa shape index (κ1) is 17.4. The van der Waals surface area contributed by atoms with Crippen molar-refractivity contribution in [3.8, 4) is 0 Å². The zero-order chi connectivity index (χ0) is 15.8. The number of likely N-dealkylation sites (N-methyl/N-ethyl adjacent to an activating group) is 1. The molecule has 0 heterocycles. The van der Waals surface area contributed by atoms with Gasteiger partial charge >= 0.3 is 0 Å². The number of benzene rings is 1. The molecule has 0 aliphatic carbocycles. The largest absolute Gasteiger partial charge is 0.389 e. The number of hydrogen-bond acceptors (Lipinski definition) is 6. The van der Waals surface area contributed by atoms with Crippen molar-refractivity contribution >= 4 is 11.4 Å². The third-order valence-corrected chi connectivity index (χ3v) is 3.00. The van der Waals surface area contributed by atoms with Gasteiger partial charge < -0.3 is 15.2 Å². The number of anilines is 1. The molecule has 2 N–H and O–H groups in total. The molecule has 1 aromatic rings. The van der Waals surface area contributed by atoms with Gasteiger partial charge in [0.05, 0.1) is 17.6 Å². The van der Waals surface area contributed by atoms with E-state index in [0.717, 1.165) is 5.56 Å². The summed E-state index contributed by atoms with van der Waals surface area (Å²) in [6.45, 7) is 3.70. The lowest BCUT2D eigenvalue weighted by atomic mass is 10.1. The maximum Gasteiger partial charge on any atom is 0.292 e. The molecule has 1 unspecified atom stereocenters. The van der Waals surface area contributed by atoms with Crippen LogP contribution in [0.3, 0.4) is 0 Å². The van der Waals surface area contributed by atoms with Crippen LogP contribution in [-0.4, -0.2) is 54.9 Å². The van der Waals surface area contributed by atoms with E-state index in [1.807, 2.05) is 24.9 Å². The third-order valence-electron chi connectivity index (χ3n) is 3.00. The highest BCUT2D eigenvalue weighted by atomic mass is 16.6. The van der Waals surface area contributed by atoms with Crippen LogP contribution < -0.4 is 5.32 Å². The van der Waals surface area contributed by atoms with Gasteiger partial charge in [-0.15, -0.1) is 0 Å². The average Bonchev–Trinajstić information content (AvgIpc) is 2.40. The molecule has 7 heteroatoms. The van der Waals surface area contributed by atoms with Crippen molar-refractivity contribution in [2.24, 2.45) is 0 Å². The highest BCUT2D eigenvalue weighted by molar-refractivity contribution is 5.66. The van der Waals surface area contributed by atoms with Gasteiger partial charge in [-0.3, -0.25) is 15.0 Å². The van der Waals surface area contributed by atoms with Gasteiger partial charge in [0.25, 0.3) is 5.69 Å². The Morgan fingerprint density at radius 2 is 2.24 bits per heavy atom. The van der Waals surface area contributed by atoms with Crippen molar-refractivity contribution in [3.05, 3.63) is 33.9 Å². The topological polar surface area (TPSA) is 87.9 Å². The smallest absolute Gasteiger partial charge is 0.292 e. The van der Waals surface area contributed by atoms with E-state index in [1.165, 1.54) is 13.2 Å². The van der Waals surface area contributed by atoms with E-state index < -0.39 is 6.10 Å². The summed E-state index contributed by atoms with van der Waals surface area (Å²) in [5.41, 5.74) is 1.44. The second kappa shape index (κ2) is 8.56. The van der Waals surface area contributed by atoms with E-state index in [4.69, 9.17) is 4.74 Å². The predicted molar refractivity (Wildman–Crippen MR) is 81.5 cm³/mol. The van der Waals surface area contributed by atoms with Crippen molar-refractivity contribution in [2.45, 2.75) is 19.6 Å². The monoisotopic (exact) mass is 297 g/mol. The summed E-state index contributed by atoms with van der Waals surface area (Å²) in [6.07, 6.45) is -0.582. The van der Waals surface area contributed by atoms with Crippen molar-refractivity contribution in [2.75, 3.05) is 39.2 Å². The molecule has 0 bridgehead atoms. The van der Waals surface area contributed by atoms with Crippen LogP contribution in [0.15, 0.2) is 18.2 Å². The fourth-order valence-electron chi connectivity index (χ4n) is 2.21. The normalized spacial score (nSPS) is 12.4. The van der Waals surface area contributed by atoms with Crippen molar-refractivity contribution in [1.29, 1.82) is 0 Å². The van der Waals surface area contributed by atoms with Crippen LogP contribution in [0.4, 0.5) is 11.4 Å². The predicted octanol–water partition coefficient (Wildman–Crippen LogP) is 1.47. The van der Waals surface area contributed by atoms with Gasteiger partial charge in [-0.05, 0) is 19.5 Å². The first-order chi connectivity index (χ1) is 9.99. The van der Waals surface area contributed by atoms with Gasteiger partial charge in [-0.25, -0.2) is 0 Å². The maximum atomic E-state index is 11.1. The zero-order valence-electron chi connectivity index (χ0n) is 12.7. The summed E-state index contributed by atoms with van der Waals surface area (Å²) in [5.74, 6) is 0. The number of aliphatic hydroxyl groups is 1. The quantitative estimate of drug-likeness (QED) is 0.530. The van der Waals surface area contributed by atoms with Crippen molar-refractivity contribution in [3.63, 3.8) is 0 Å². The van der Waals surface area contributed by atoms with Gasteiger partial charge in [-0.2, -0.15) is 0 Å². The minimum atomic E-state index is -0.582. The Kier molecular flexibility index (Phi) is 7.07. The first-order valence-electron chi connectivity index (χ1n) is 6.85. The Labute approximate surface area is 124 Å². The average molecular weight is 297 g/mol. The number of ether oxygens (including phenoxy) is 1. The molecule has 0 spiro atoms. The Hall–Kier alpha value is -1.70. The van der Waals surface area contributed by atoms with Crippen LogP contribution in [0, 0.1) is 10.1 Å². The number of aliphatic hydroxyl groups excluding tert-OH is 1. The van der Waals surface area contributed by atoms with E-state index in [1.54, 1.807) is 6.07 Å². The van der Waals surface area contributed by atoms with E-state index in [9.17, 15) is 15.2 Å². The number of nitro benzene ring substituents is 1. The number of nitrogens with one attached hydrogen (secondary N) is 1. The van der Waals surface area contributed by atoms with Gasteiger partial charge in [0.15, 0.2) is 0 Å². The van der Waals surface area contributed by atoms with Gasteiger partial charge in [0.2, 0.25) is 0 Å². The fraction of sp³-hybridized carbons (Fsp3) is 0.571. The lowest BCUT2D eigenvalue weighted by Crippen LogP contribution is -2.31. The summed E-state index contributed by atoms with van der Waals surface area (Å²) in [7, 11) is 3.39. The molecule has 1 rings (SSSR count). The molecule has 118 valence electrons. The van der Waals surface area contributed by atoms with E-state index in [0.29, 0.717) is 25.3 Å². The van der Waals surface area contributed by atoms with E-state index in [-0.39, 0.29) is 17.2 Å². The van der Waals surface area contributed by atoms with Crippen molar-refractivity contribution in [1.82, 2.24) is 4.90 Å². The molecule has 0 amide bonds. The van der Waals surface area contributed by atoms with Gasteiger partial charge in [0.1, 0.15) is 5.69 Å². The summed E-state index contributed by atoms with van der Waals surface area (Å²) < 4.78 is 4.89. The number of para-hydroxylation sites is 1. The molecule has 0 aromatic heterocycles. The van der Waals surface area contributed by atoms with E-state index in [2.05, 4.69) is 5.32 Å². The lowest BCUT2D eigenvalue weighted by molar-refractivity contribution is -0.384. The second-order valence-corrected chi connectivity index (χ2v) is 4.90. The molecule has 0 saturated heterocycles. The number of nitrogens with zero attached hydrogens (tertiary/aromatic N) is 2. The van der Waals surface area contributed by atoms with Gasteiger partial charge in [0, 0.05) is 32.8 Å². The fourth-order valence-corrected chi connectivity index (χ4v) is 2.21. The van der Waals surface area contributed by atoms with Crippen LogP contribution >= 0.6 is 0 Å². The highest BCUT2D eigenvalue weighted by Crippen LogP contribution is 2.28. The molecule has 0 fully saturated rings. The third kappa shape index (κ3) is 5.30. The summed E-state index contributed by atoms with van der Waals surface area (Å²) in [6, 6.07) is 5.01. The summed E-state index contributed by atoms with van der Waals surface area (Å²) in [4.78, 5) is 12.6. The van der Waals surface area contributed by atoms with Crippen LogP contribution in [0.5, 0.6) is 0 Å². The minimum Gasteiger partial charge on any atom is -0.389 e. The molecular weight excluding hydrogens is 274 g/mol. The van der Waals surface area contributed by atoms with E-state index >= 15 is 0 Å². The molecule has 7 nitrogen and oxygen atoms in total. The van der Waals surface area contributed by atoms with Gasteiger partial charge in [-0.1, -0.05) is 12.1 Å². The number of methoxy groups -OCH3 is 1. The number of rotatable bonds is 9. The molecule has 0 saturated carbocycles. The van der Waals surface area contributed by atoms with Crippen LogP contribution in [0.25, 0.3) is 0 Å². The second-order valence-electron chi connectivity index (χ2n) is 4.90. The SMILES string of the molecule is CCNc1c(CN(C)CC(O)COC)cccc1[N+](=O)[O-]. The lowest BCUT2D eigenvalue weighted by Gasteiger charge is -2.21. The Balaban J connectivity index is 2.86. The Morgan fingerprint density at radius 1 is 1.52 bits per heavy atom. The molecule has 21 heavy (non-hydrogen) atoms. The van der Waals surface area contributed by atoms with Crippen molar-refractivity contribution < 1.29 is 14.8 Å². The molecule has 0 aliphatic rings. The highest BCUT2D eigenvalue weighted by Gasteiger charge is 2.18. The Bertz CT molecular complexity index is 468. The van der Waals surface area contributed by atoms with Crippen LogP contribution in [0.1, 0.15) is 12.5 Å². The molecule has 1 atom stereocenters. The molecular formula is C14H23N3O4. The Morgan fingerprint density at radius 3 is 2.81 bits per heavy atom. The molecule has 1 aromatic carbocycles. The maximum absolute atomic E-state index is 11.1. The number of nitro groups is 1. The summed E-state index contributed by atoms with van der Waals surface area (Å²) in [5, 5.41) is 23.9. The van der Waals surface area contributed by atoms with Crippen LogP contribution in [0.2, 0.25) is 0 Å². The molecule has 0 aliphatic heterocycles. The first-order valence-corrected chi connectivity index (χ1v) is 6.85. The zero-order valence-corrected chi connectivity index (χ0v) is 12.7. The standard InChI is InChI=1S/C14H23N3O4/c1-4-15-14-11(6-5-7-13(14)17(19)20)8-16(2)9-12(18)10-21-3/h5-7,12,15,18H,4,8-10H2,1-3H3. The minimum absolute atomic E-state index is 0.0696.